The first kappa shape index (κ1) is 26.6. The van der Waals surface area contributed by atoms with Crippen LogP contribution in [-0.4, -0.2) is 24.0 Å². The first-order valence-electron chi connectivity index (χ1n) is 9.85. The Kier molecular flexibility index (Phi) is 11.4. The van der Waals surface area contributed by atoms with Crippen LogP contribution < -0.4 is 4.57 Å². The van der Waals surface area contributed by atoms with Gasteiger partial charge in [0.15, 0.2) is 0 Å². The van der Waals surface area contributed by atoms with E-state index < -0.39 is 19.5 Å². The molecule has 0 saturated heterocycles. The van der Waals surface area contributed by atoms with E-state index in [4.69, 9.17) is 0 Å². The minimum absolute atomic E-state index is 1.18. The Hall–Kier alpha value is -0.392. The van der Waals surface area contributed by atoms with E-state index in [1.807, 2.05) is 0 Å². The number of imidazole rings is 1. The van der Waals surface area contributed by atoms with Gasteiger partial charge in [0.25, 0.3) is 0 Å². The van der Waals surface area contributed by atoms with E-state index >= 15 is 0 Å². The third kappa shape index (κ3) is 27.9. The Morgan fingerprint density at radius 2 is 1.07 bits per heavy atom. The number of rotatable bonds is 13. The molecule has 1 aromatic heterocycles. The fourth-order valence-electron chi connectivity index (χ4n) is 2.77. The second kappa shape index (κ2) is 11.6. The summed E-state index contributed by atoms with van der Waals surface area (Å²) in [7, 11) is 2.08. The molecular weight excluding hydrogens is 480 g/mol. The van der Waals surface area contributed by atoms with Gasteiger partial charge in [0, 0.05) is 0 Å². The Bertz CT molecular complexity index is 487. The average molecular weight is 515 g/mol. The maximum absolute atomic E-state index is 11.2. The molecule has 0 bridgehead atoms. The van der Waals surface area contributed by atoms with E-state index in [1.165, 1.54) is 83.6 Å². The van der Waals surface area contributed by atoms with Crippen molar-refractivity contribution in [2.75, 3.05) is 0 Å². The van der Waals surface area contributed by atoms with Gasteiger partial charge in [-0.25, -0.2) is 9.13 Å². The number of hydrogen-bond acceptors (Lipinski definition) is 0. The van der Waals surface area contributed by atoms with Crippen molar-refractivity contribution in [3.8, 4) is 0 Å². The summed E-state index contributed by atoms with van der Waals surface area (Å²) in [6.45, 7) is 3.47. The molecule has 1 aromatic rings. The second-order valence-corrected chi connectivity index (χ2v) is 12.6. The van der Waals surface area contributed by atoms with Gasteiger partial charge in [-0.3, -0.25) is 0 Å². The van der Waals surface area contributed by atoms with Gasteiger partial charge in [-0.05, 0) is 12.8 Å². The maximum atomic E-state index is 9.93. The van der Waals surface area contributed by atoms with E-state index in [0.29, 0.717) is 0 Å². The van der Waals surface area contributed by atoms with Gasteiger partial charge in [0.1, 0.15) is 12.4 Å². The van der Waals surface area contributed by atoms with Gasteiger partial charge in [0.2, 0.25) is 6.33 Å². The number of hydrogen-bond donors (Lipinski definition) is 0. The van der Waals surface area contributed by atoms with E-state index in [-0.39, 0.29) is 0 Å². The van der Waals surface area contributed by atoms with Crippen LogP contribution in [0.15, 0.2) is 18.7 Å². The molecule has 9 heteroatoms. The zero-order valence-corrected chi connectivity index (χ0v) is 19.1. The van der Waals surface area contributed by atoms with E-state index in [1.54, 1.807) is 0 Å². The Balaban J connectivity index is 0.000000821. The van der Waals surface area contributed by atoms with Gasteiger partial charge in [-0.1, -0.05) is 71.1 Å². The number of aryl methyl sites for hydroxylation is 2. The Morgan fingerprint density at radius 3 is 1.41 bits per heavy atom. The van der Waals surface area contributed by atoms with Crippen LogP contribution in [0.3, 0.4) is 0 Å². The third-order valence-corrected chi connectivity index (χ3v) is 4.09. The van der Waals surface area contributed by atoms with Gasteiger partial charge in [-0.2, -0.15) is 0 Å². The molecule has 0 fully saturated rings. The molecule has 0 unspecified atom stereocenters. The van der Waals surface area contributed by atoms with Crippen LogP contribution in [0.5, 0.6) is 0 Å². The van der Waals surface area contributed by atoms with Crippen molar-refractivity contribution in [2.24, 2.45) is 7.05 Å². The van der Waals surface area contributed by atoms with Crippen LogP contribution in [-0.2, 0) is 13.6 Å². The quantitative estimate of drug-likeness (QED) is 0.114. The molecule has 0 aliphatic heterocycles. The molecular formula is C18H35F6N2Sb. The van der Waals surface area contributed by atoms with Crippen LogP contribution in [0.1, 0.15) is 84.0 Å². The van der Waals surface area contributed by atoms with Gasteiger partial charge < -0.3 is 0 Å². The zero-order valence-electron chi connectivity index (χ0n) is 16.5. The second-order valence-electron chi connectivity index (χ2n) is 7.16. The van der Waals surface area contributed by atoms with Crippen molar-refractivity contribution in [1.29, 1.82) is 0 Å². The molecule has 164 valence electrons. The van der Waals surface area contributed by atoms with Gasteiger partial charge >= 0.3 is 36.4 Å². The average Bonchev–Trinajstić information content (AvgIpc) is 2.91. The molecule has 0 spiro atoms. The molecule has 0 aliphatic rings. The third-order valence-electron chi connectivity index (χ3n) is 4.09. The summed E-state index contributed by atoms with van der Waals surface area (Å²) in [5.41, 5.74) is 0. The number of nitrogens with zero attached hydrogens (tertiary/aromatic N) is 2. The van der Waals surface area contributed by atoms with Crippen LogP contribution in [0.2, 0.25) is 0 Å². The molecule has 0 amide bonds. The van der Waals surface area contributed by atoms with Crippen molar-refractivity contribution in [3.63, 3.8) is 0 Å². The van der Waals surface area contributed by atoms with Gasteiger partial charge in [-0.15, -0.1) is 0 Å². The van der Waals surface area contributed by atoms with Crippen molar-refractivity contribution < 1.29 is 21.4 Å². The van der Waals surface area contributed by atoms with Crippen molar-refractivity contribution in [1.82, 2.24) is 4.57 Å². The monoisotopic (exact) mass is 514 g/mol. The molecule has 0 atom stereocenters. The molecule has 27 heavy (non-hydrogen) atoms. The summed E-state index contributed by atoms with van der Waals surface area (Å²) in [5.74, 6) is 0. The fourth-order valence-corrected chi connectivity index (χ4v) is 2.77. The van der Waals surface area contributed by atoms with Crippen molar-refractivity contribution in [2.45, 2.75) is 90.5 Å². The summed E-state index contributed by atoms with van der Waals surface area (Å²) in [4.78, 5) is 0. The SMILES string of the molecule is CCCCCCCCCCCCCCn1cc[n+](C)c1.[F][Sb-]([F])([F])([F])([F])[F]. The van der Waals surface area contributed by atoms with E-state index in [2.05, 4.69) is 41.8 Å². The molecule has 0 aliphatic carbocycles. The summed E-state index contributed by atoms with van der Waals surface area (Å²) in [5, 5.41) is 0. The topological polar surface area (TPSA) is 8.81 Å². The molecule has 0 N–H and O–H groups in total. The van der Waals surface area contributed by atoms with Crippen molar-refractivity contribution in [3.05, 3.63) is 18.7 Å². The minimum atomic E-state index is -11.2. The normalized spacial score (nSPS) is 14.2. The van der Waals surface area contributed by atoms with Crippen LogP contribution >= 0.6 is 0 Å². The molecule has 0 aromatic carbocycles. The summed E-state index contributed by atoms with van der Waals surface area (Å²) in [6.07, 6.45) is 23.6. The Labute approximate surface area is 161 Å². The number of halogens is 6. The fraction of sp³-hybridized carbons (Fsp3) is 0.833. The first-order chi connectivity index (χ1) is 12.3. The summed E-state index contributed by atoms with van der Waals surface area (Å²) in [6, 6.07) is 0. The van der Waals surface area contributed by atoms with Gasteiger partial charge in [0.05, 0.1) is 13.6 Å². The van der Waals surface area contributed by atoms with Crippen LogP contribution in [0.4, 0.5) is 16.9 Å². The van der Waals surface area contributed by atoms with Crippen LogP contribution in [0.25, 0.3) is 0 Å². The molecule has 0 saturated carbocycles. The standard InChI is InChI=1S/C18H35N2.6FH.Sb/c1-3-4-5-6-7-8-9-10-11-12-13-14-15-20-17-16-19(2)18-20;;;;;;;/h16-18H,3-15H2,1-2H3;6*1H;/q+1;;;;;;;+5/p-6. The van der Waals surface area contributed by atoms with Crippen molar-refractivity contribution >= 4 is 19.5 Å². The molecule has 1 rings (SSSR count). The number of aromatic nitrogens is 2. The number of unbranched alkanes of at least 4 members (excludes halogenated alkanes) is 11. The predicted octanol–water partition coefficient (Wildman–Crippen LogP) is 7.15. The van der Waals surface area contributed by atoms with E-state index in [9.17, 15) is 16.9 Å². The molecule has 2 nitrogen and oxygen atoms in total. The zero-order chi connectivity index (χ0) is 20.9. The Morgan fingerprint density at radius 1 is 0.704 bits per heavy atom. The van der Waals surface area contributed by atoms with E-state index in [0.717, 1.165) is 0 Å². The summed E-state index contributed by atoms with van der Waals surface area (Å²) < 4.78 is 63.9. The molecule has 0 radical (unpaired) electrons. The predicted molar refractivity (Wildman–Crippen MR) is 99.1 cm³/mol. The summed E-state index contributed by atoms with van der Waals surface area (Å²) >= 11 is -11.2. The van der Waals surface area contributed by atoms with Crippen LogP contribution in [0, 0.1) is 0 Å². The first-order valence-corrected chi connectivity index (χ1v) is 15.6. The molecule has 1 heterocycles.